The third-order valence-electron chi connectivity index (χ3n) is 5.79. The number of rotatable bonds is 8. The molecule has 6 nitrogen and oxygen atoms in total. The number of piperazine rings is 1. The van der Waals surface area contributed by atoms with Crippen LogP contribution in [0.2, 0.25) is 0 Å². The van der Waals surface area contributed by atoms with Gasteiger partial charge in [0, 0.05) is 5.69 Å². The molecule has 1 aliphatic rings. The van der Waals surface area contributed by atoms with Crippen LogP contribution < -0.4 is 9.80 Å². The van der Waals surface area contributed by atoms with Crippen molar-refractivity contribution in [3.05, 3.63) is 64.5 Å². The first-order valence-electron chi connectivity index (χ1n) is 10.8. The minimum absolute atomic E-state index is 0.0635. The summed E-state index contributed by atoms with van der Waals surface area (Å²) in [4.78, 5) is 31.0. The molecule has 0 unspecified atom stereocenters. The lowest BCUT2D eigenvalue weighted by atomic mass is 10.1. The van der Waals surface area contributed by atoms with Gasteiger partial charge in [-0.15, -0.1) is 0 Å². The van der Waals surface area contributed by atoms with E-state index in [2.05, 4.69) is 41.4 Å². The summed E-state index contributed by atoms with van der Waals surface area (Å²) in [6.07, 6.45) is 4.41. The van der Waals surface area contributed by atoms with E-state index in [9.17, 15) is 9.59 Å². The van der Waals surface area contributed by atoms with Gasteiger partial charge in [-0.1, -0.05) is 36.4 Å². The number of ether oxygens (including phenoxy) is 1. The van der Waals surface area contributed by atoms with Crippen molar-refractivity contribution in [1.82, 2.24) is 4.98 Å². The van der Waals surface area contributed by atoms with Crippen LogP contribution in [0.4, 0.5) is 0 Å². The number of carbonyl (C=O) groups excluding carboxylic acids is 2. The van der Waals surface area contributed by atoms with Crippen molar-refractivity contribution in [2.45, 2.75) is 20.8 Å². The average Bonchev–Trinajstić information content (AvgIpc) is 3.04. The number of carbonyl (C=O) groups is 2. The van der Waals surface area contributed by atoms with Crippen LogP contribution in [0.15, 0.2) is 36.4 Å². The Labute approximate surface area is 178 Å². The van der Waals surface area contributed by atoms with E-state index >= 15 is 0 Å². The van der Waals surface area contributed by atoms with Crippen molar-refractivity contribution < 1.29 is 24.1 Å². The number of benzene rings is 1. The highest BCUT2D eigenvalue weighted by atomic mass is 16.5. The molecule has 3 rings (SSSR count). The fourth-order valence-corrected chi connectivity index (χ4v) is 4.12. The van der Waals surface area contributed by atoms with E-state index in [0.29, 0.717) is 35.7 Å². The minimum Gasteiger partial charge on any atom is -0.462 e. The van der Waals surface area contributed by atoms with Crippen LogP contribution in [-0.4, -0.2) is 62.6 Å². The normalized spacial score (nSPS) is 19.2. The predicted octanol–water partition coefficient (Wildman–Crippen LogP) is 0.488. The fourth-order valence-electron chi connectivity index (χ4n) is 4.12. The van der Waals surface area contributed by atoms with E-state index < -0.39 is 0 Å². The monoisotopic (exact) mass is 411 g/mol. The van der Waals surface area contributed by atoms with E-state index in [0.717, 1.165) is 32.7 Å². The van der Waals surface area contributed by atoms with Gasteiger partial charge in [0.25, 0.3) is 0 Å². The zero-order chi connectivity index (χ0) is 21.5. The lowest BCUT2D eigenvalue weighted by Crippen LogP contribution is -3.28. The molecule has 2 heterocycles. The molecule has 1 aliphatic heterocycles. The van der Waals surface area contributed by atoms with Gasteiger partial charge in [0.15, 0.2) is 0 Å². The second-order valence-corrected chi connectivity index (χ2v) is 7.96. The number of quaternary nitrogens is 2. The highest BCUT2D eigenvalue weighted by Gasteiger charge is 2.28. The van der Waals surface area contributed by atoms with Gasteiger partial charge in [-0.2, -0.15) is 0 Å². The number of aromatic amines is 1. The molecule has 6 heteroatoms. The standard InChI is InChI=1S/C24H31N3O3/c1-4-30-24(29)22-18(2)23(25-19(22)3)21(28)17-27-15-13-26(14-16-27)12-8-11-20-9-6-5-7-10-20/h5-11,25H,4,12-17H2,1-3H3/p+2/b11-8+. The zero-order valence-corrected chi connectivity index (χ0v) is 18.2. The van der Waals surface area contributed by atoms with Crippen LogP contribution in [0.5, 0.6) is 0 Å². The van der Waals surface area contributed by atoms with Crippen LogP contribution in [0.1, 0.15) is 44.6 Å². The molecule has 0 amide bonds. The Balaban J connectivity index is 1.50. The summed E-state index contributed by atoms with van der Waals surface area (Å²) >= 11 is 0. The molecule has 1 fully saturated rings. The first kappa shape index (κ1) is 22.0. The number of aromatic nitrogens is 1. The Morgan fingerprint density at radius 1 is 1.07 bits per heavy atom. The van der Waals surface area contributed by atoms with Gasteiger partial charge in [0.1, 0.15) is 32.7 Å². The van der Waals surface area contributed by atoms with Crippen molar-refractivity contribution >= 4 is 17.8 Å². The third-order valence-corrected chi connectivity index (χ3v) is 5.79. The molecular weight excluding hydrogens is 378 g/mol. The van der Waals surface area contributed by atoms with Gasteiger partial charge in [0.05, 0.1) is 24.4 Å². The summed E-state index contributed by atoms with van der Waals surface area (Å²) in [6, 6.07) is 10.3. The maximum atomic E-state index is 12.9. The summed E-state index contributed by atoms with van der Waals surface area (Å²) < 4.78 is 5.12. The number of nitrogens with one attached hydrogen (secondary N) is 3. The molecule has 0 atom stereocenters. The smallest absolute Gasteiger partial charge is 0.340 e. The van der Waals surface area contributed by atoms with E-state index in [1.807, 2.05) is 19.9 Å². The number of esters is 1. The highest BCUT2D eigenvalue weighted by Crippen LogP contribution is 2.19. The Bertz CT molecular complexity index is 894. The third kappa shape index (κ3) is 5.46. The number of hydrogen-bond acceptors (Lipinski definition) is 3. The fraction of sp³-hybridized carbons (Fsp3) is 0.417. The van der Waals surface area contributed by atoms with E-state index in [4.69, 9.17) is 4.74 Å². The molecule has 3 N–H and O–H groups in total. The number of hydrogen-bond donors (Lipinski definition) is 3. The first-order chi connectivity index (χ1) is 14.5. The predicted molar refractivity (Wildman–Crippen MR) is 117 cm³/mol. The Morgan fingerprint density at radius 2 is 1.73 bits per heavy atom. The maximum absolute atomic E-state index is 12.9. The second-order valence-electron chi connectivity index (χ2n) is 7.96. The molecular formula is C24H33N3O3+2. The van der Waals surface area contributed by atoms with Crippen LogP contribution in [0.25, 0.3) is 6.08 Å². The van der Waals surface area contributed by atoms with Crippen molar-refractivity contribution in [2.75, 3.05) is 45.9 Å². The molecule has 0 aliphatic carbocycles. The lowest BCUT2D eigenvalue weighted by Gasteiger charge is -2.28. The van der Waals surface area contributed by atoms with Gasteiger partial charge in [-0.25, -0.2) is 4.79 Å². The summed E-state index contributed by atoms with van der Waals surface area (Å²) in [5, 5.41) is 0. The van der Waals surface area contributed by atoms with Gasteiger partial charge in [-0.05, 0) is 38.0 Å². The van der Waals surface area contributed by atoms with Gasteiger partial charge in [0.2, 0.25) is 5.78 Å². The SMILES string of the molecule is CCOC(=O)c1c(C)[nH]c(C(=O)C[NH+]2CC[NH+](C/C=C/c3ccccc3)CC2)c1C. The molecule has 1 aromatic heterocycles. The number of H-pyrrole nitrogens is 1. The topological polar surface area (TPSA) is 68.0 Å². The van der Waals surface area contributed by atoms with E-state index in [1.165, 1.54) is 10.5 Å². The quantitative estimate of drug-likeness (QED) is 0.437. The summed E-state index contributed by atoms with van der Waals surface area (Å²) in [7, 11) is 0. The maximum Gasteiger partial charge on any atom is 0.340 e. The molecule has 0 radical (unpaired) electrons. The summed E-state index contributed by atoms with van der Waals surface area (Å²) in [5.41, 5.74) is 3.67. The van der Waals surface area contributed by atoms with Gasteiger partial charge >= 0.3 is 5.97 Å². The first-order valence-corrected chi connectivity index (χ1v) is 10.8. The molecule has 1 saturated heterocycles. The van der Waals surface area contributed by atoms with Crippen molar-refractivity contribution in [1.29, 1.82) is 0 Å². The Hall–Kier alpha value is -2.70. The zero-order valence-electron chi connectivity index (χ0n) is 18.2. The van der Waals surface area contributed by atoms with Crippen LogP contribution >= 0.6 is 0 Å². The second kappa shape index (κ2) is 10.4. The van der Waals surface area contributed by atoms with E-state index in [-0.39, 0.29) is 11.8 Å². The van der Waals surface area contributed by atoms with Gasteiger partial charge in [-0.3, -0.25) is 4.79 Å². The van der Waals surface area contributed by atoms with Crippen LogP contribution in [-0.2, 0) is 4.74 Å². The molecule has 1 aromatic carbocycles. The minimum atomic E-state index is -0.365. The number of Topliss-reactive ketones (excluding diaryl/α,β-unsaturated/α-hetero) is 1. The Morgan fingerprint density at radius 3 is 2.40 bits per heavy atom. The average molecular weight is 412 g/mol. The number of ketones is 1. The lowest BCUT2D eigenvalue weighted by molar-refractivity contribution is -1.01. The summed E-state index contributed by atoms with van der Waals surface area (Å²) in [6.45, 7) is 11.3. The Kier molecular flexibility index (Phi) is 7.60. The molecule has 160 valence electrons. The van der Waals surface area contributed by atoms with Crippen molar-refractivity contribution in [3.8, 4) is 0 Å². The van der Waals surface area contributed by atoms with Gasteiger partial charge < -0.3 is 19.5 Å². The number of aryl methyl sites for hydroxylation is 1. The summed E-state index contributed by atoms with van der Waals surface area (Å²) in [5.74, 6) is -0.301. The molecule has 0 bridgehead atoms. The van der Waals surface area contributed by atoms with Crippen molar-refractivity contribution in [2.24, 2.45) is 0 Å². The molecule has 30 heavy (non-hydrogen) atoms. The highest BCUT2D eigenvalue weighted by molar-refractivity contribution is 6.01. The molecule has 0 spiro atoms. The van der Waals surface area contributed by atoms with Crippen LogP contribution in [0, 0.1) is 13.8 Å². The van der Waals surface area contributed by atoms with Crippen molar-refractivity contribution in [3.63, 3.8) is 0 Å². The molecule has 2 aromatic rings. The molecule has 0 saturated carbocycles. The largest absolute Gasteiger partial charge is 0.462 e. The van der Waals surface area contributed by atoms with E-state index in [1.54, 1.807) is 11.8 Å². The van der Waals surface area contributed by atoms with Crippen LogP contribution in [0.3, 0.4) is 0 Å².